The Morgan fingerprint density at radius 1 is 1.18 bits per heavy atom. The van der Waals surface area contributed by atoms with Crippen molar-refractivity contribution >= 4 is 33.8 Å². The quantitative estimate of drug-likeness (QED) is 0.888. The first-order valence-electron chi connectivity index (χ1n) is 5.59. The Kier molecular flexibility index (Phi) is 5.39. The van der Waals surface area contributed by atoms with Gasteiger partial charge in [0, 0.05) is 18.1 Å². The molecule has 5 nitrogen and oxygen atoms in total. The van der Waals surface area contributed by atoms with Crippen LogP contribution in [0.15, 0.2) is 47.6 Å². The van der Waals surface area contributed by atoms with Gasteiger partial charge in [-0.25, -0.2) is 13.6 Å². The van der Waals surface area contributed by atoms with Crippen LogP contribution in [0.1, 0.15) is 5.56 Å². The fourth-order valence-corrected chi connectivity index (χ4v) is 2.27. The molecule has 10 heteroatoms. The molecule has 0 spiro atoms. The minimum absolute atomic E-state index is 0. The molecule has 0 saturated carbocycles. The number of rotatable bonds is 3. The van der Waals surface area contributed by atoms with Gasteiger partial charge in [-0.15, -0.1) is 12.4 Å². The Balaban J connectivity index is 0.00000242. The summed E-state index contributed by atoms with van der Waals surface area (Å²) < 4.78 is 60.6. The molecule has 1 aromatic carbocycles. The normalized spacial score (nSPS) is 11.6. The fraction of sp³-hybridized carbons (Fsp3) is 0.0833. The average molecular weight is 354 g/mol. The number of primary sulfonamides is 1. The third-order valence-corrected chi connectivity index (χ3v) is 3.50. The highest BCUT2D eigenvalue weighted by molar-refractivity contribution is 7.89. The molecule has 1 aromatic heterocycles. The summed E-state index contributed by atoms with van der Waals surface area (Å²) >= 11 is 0. The number of hydrogen-bond acceptors (Lipinski definition) is 4. The number of nitrogens with one attached hydrogen (secondary N) is 1. The first kappa shape index (κ1) is 18.2. The zero-order chi connectivity index (χ0) is 15.7. The summed E-state index contributed by atoms with van der Waals surface area (Å²) in [5.74, 6) is 0. The third kappa shape index (κ3) is 4.33. The van der Waals surface area contributed by atoms with Crippen molar-refractivity contribution in [1.82, 2.24) is 4.98 Å². The SMILES string of the molecule is Cl.NS(=O)(=O)c1cnccc1Nc1cccc(C(F)(F)F)c1. The van der Waals surface area contributed by atoms with E-state index in [1.165, 1.54) is 24.4 Å². The molecule has 0 aliphatic rings. The van der Waals surface area contributed by atoms with Gasteiger partial charge in [0.25, 0.3) is 0 Å². The van der Waals surface area contributed by atoms with Crippen molar-refractivity contribution < 1.29 is 21.6 Å². The highest BCUT2D eigenvalue weighted by Gasteiger charge is 2.30. The minimum atomic E-state index is -4.49. The molecule has 0 atom stereocenters. The fourth-order valence-electron chi connectivity index (χ4n) is 1.64. The van der Waals surface area contributed by atoms with E-state index in [1.807, 2.05) is 0 Å². The number of alkyl halides is 3. The van der Waals surface area contributed by atoms with Gasteiger partial charge in [0.15, 0.2) is 0 Å². The van der Waals surface area contributed by atoms with Gasteiger partial charge in [0.05, 0.1) is 11.3 Å². The highest BCUT2D eigenvalue weighted by Crippen LogP contribution is 2.32. The van der Waals surface area contributed by atoms with Crippen molar-refractivity contribution in [3.05, 3.63) is 48.3 Å². The number of nitrogens with two attached hydrogens (primary N) is 1. The van der Waals surface area contributed by atoms with Gasteiger partial charge in [-0.1, -0.05) is 6.07 Å². The van der Waals surface area contributed by atoms with E-state index in [1.54, 1.807) is 0 Å². The van der Waals surface area contributed by atoms with Crippen molar-refractivity contribution in [3.8, 4) is 0 Å². The van der Waals surface area contributed by atoms with Crippen LogP contribution in [0.25, 0.3) is 0 Å². The van der Waals surface area contributed by atoms with Gasteiger partial charge in [0.2, 0.25) is 10.0 Å². The van der Waals surface area contributed by atoms with Gasteiger partial charge < -0.3 is 5.32 Å². The van der Waals surface area contributed by atoms with Crippen LogP contribution in [-0.2, 0) is 16.2 Å². The molecule has 120 valence electrons. The topological polar surface area (TPSA) is 85.1 Å². The molecule has 0 aliphatic carbocycles. The Morgan fingerprint density at radius 2 is 1.86 bits per heavy atom. The summed E-state index contributed by atoms with van der Waals surface area (Å²) in [5, 5.41) is 7.61. The monoisotopic (exact) mass is 353 g/mol. The van der Waals surface area contributed by atoms with Crippen molar-refractivity contribution in [2.24, 2.45) is 5.14 Å². The number of pyridine rings is 1. The molecule has 1 heterocycles. The Hall–Kier alpha value is -1.84. The average Bonchev–Trinajstić information content (AvgIpc) is 2.37. The highest BCUT2D eigenvalue weighted by atomic mass is 35.5. The summed E-state index contributed by atoms with van der Waals surface area (Å²) in [5.41, 5.74) is -0.716. The summed E-state index contributed by atoms with van der Waals surface area (Å²) in [6.07, 6.45) is -2.17. The van der Waals surface area contributed by atoms with Crippen LogP contribution in [0.2, 0.25) is 0 Å². The maximum atomic E-state index is 12.6. The lowest BCUT2D eigenvalue weighted by Gasteiger charge is -2.12. The Morgan fingerprint density at radius 3 is 2.45 bits per heavy atom. The number of hydrogen-bond donors (Lipinski definition) is 2. The predicted octanol–water partition coefficient (Wildman–Crippen LogP) is 2.91. The number of aromatic nitrogens is 1. The van der Waals surface area contributed by atoms with Gasteiger partial charge in [-0.3, -0.25) is 4.98 Å². The number of anilines is 2. The second kappa shape index (κ2) is 6.51. The van der Waals surface area contributed by atoms with E-state index < -0.39 is 21.8 Å². The first-order chi connectivity index (χ1) is 9.68. The molecule has 0 aliphatic heterocycles. The molecule has 0 fully saturated rings. The van der Waals surface area contributed by atoms with Crippen molar-refractivity contribution in [1.29, 1.82) is 0 Å². The maximum Gasteiger partial charge on any atom is 0.416 e. The molecular formula is C12H11ClF3N3O2S. The summed E-state index contributed by atoms with van der Waals surface area (Å²) in [6.45, 7) is 0. The molecule has 3 N–H and O–H groups in total. The van der Waals surface area contributed by atoms with Crippen molar-refractivity contribution in [2.45, 2.75) is 11.1 Å². The van der Waals surface area contributed by atoms with Crippen LogP contribution in [-0.4, -0.2) is 13.4 Å². The lowest BCUT2D eigenvalue weighted by atomic mass is 10.2. The number of halogens is 4. The van der Waals surface area contributed by atoms with E-state index in [0.717, 1.165) is 18.3 Å². The summed E-state index contributed by atoms with van der Waals surface area (Å²) in [4.78, 5) is 3.33. The second-order valence-corrected chi connectivity index (χ2v) is 5.65. The van der Waals surface area contributed by atoms with Crippen LogP contribution in [0.3, 0.4) is 0 Å². The Bertz CT molecular complexity index is 766. The van der Waals surface area contributed by atoms with E-state index in [9.17, 15) is 21.6 Å². The molecule has 22 heavy (non-hydrogen) atoms. The summed E-state index contributed by atoms with van der Waals surface area (Å²) in [6, 6.07) is 5.68. The zero-order valence-electron chi connectivity index (χ0n) is 10.8. The molecular weight excluding hydrogens is 343 g/mol. The third-order valence-electron chi connectivity index (χ3n) is 2.56. The summed E-state index contributed by atoms with van der Waals surface area (Å²) in [7, 11) is -4.04. The van der Waals surface area contributed by atoms with Crippen LogP contribution in [0, 0.1) is 0 Å². The lowest BCUT2D eigenvalue weighted by Crippen LogP contribution is -2.14. The molecule has 0 saturated heterocycles. The number of sulfonamides is 1. The largest absolute Gasteiger partial charge is 0.416 e. The van der Waals surface area contributed by atoms with Gasteiger partial charge in [-0.05, 0) is 24.3 Å². The smallest absolute Gasteiger partial charge is 0.354 e. The van der Waals surface area contributed by atoms with Gasteiger partial charge >= 0.3 is 6.18 Å². The van der Waals surface area contributed by atoms with E-state index in [4.69, 9.17) is 5.14 Å². The van der Waals surface area contributed by atoms with E-state index >= 15 is 0 Å². The molecule has 0 amide bonds. The van der Waals surface area contributed by atoms with Crippen LogP contribution < -0.4 is 10.5 Å². The van der Waals surface area contributed by atoms with Crippen molar-refractivity contribution in [2.75, 3.05) is 5.32 Å². The second-order valence-electron chi connectivity index (χ2n) is 4.12. The maximum absolute atomic E-state index is 12.6. The first-order valence-corrected chi connectivity index (χ1v) is 7.13. The number of benzene rings is 1. The van der Waals surface area contributed by atoms with Crippen LogP contribution in [0.4, 0.5) is 24.5 Å². The number of nitrogens with zero attached hydrogens (tertiary/aromatic N) is 1. The van der Waals surface area contributed by atoms with E-state index in [-0.39, 0.29) is 28.7 Å². The van der Waals surface area contributed by atoms with Gasteiger partial charge in [0.1, 0.15) is 4.90 Å². The molecule has 0 unspecified atom stereocenters. The molecule has 2 aromatic rings. The Labute approximate surface area is 130 Å². The molecule has 0 bridgehead atoms. The van der Waals surface area contributed by atoms with Gasteiger partial charge in [-0.2, -0.15) is 13.2 Å². The van der Waals surface area contributed by atoms with Crippen molar-refractivity contribution in [3.63, 3.8) is 0 Å². The van der Waals surface area contributed by atoms with E-state index in [2.05, 4.69) is 10.3 Å². The molecule has 2 rings (SSSR count). The van der Waals surface area contributed by atoms with Crippen LogP contribution >= 0.6 is 12.4 Å². The van der Waals surface area contributed by atoms with Crippen LogP contribution in [0.5, 0.6) is 0 Å². The van der Waals surface area contributed by atoms with E-state index in [0.29, 0.717) is 0 Å². The zero-order valence-corrected chi connectivity index (χ0v) is 12.5. The lowest BCUT2D eigenvalue weighted by molar-refractivity contribution is -0.137. The standard InChI is InChI=1S/C12H10F3N3O2S.ClH/c13-12(14,15)8-2-1-3-9(6-8)18-10-4-5-17-7-11(10)21(16,19)20;/h1-7H,(H,17,18)(H2,16,19,20);1H. The predicted molar refractivity (Wildman–Crippen MR) is 77.6 cm³/mol. The molecule has 0 radical (unpaired) electrons. The minimum Gasteiger partial charge on any atom is -0.354 e.